The highest BCUT2D eigenvalue weighted by atomic mass is 16.6. The molecule has 0 aliphatic carbocycles. The molecule has 0 aromatic rings. The molecule has 59 heavy (non-hydrogen) atoms. The molecule has 0 spiro atoms. The number of hydrogen-bond donors (Lipinski definition) is 0. The number of ether oxygens (including phenoxy) is 3. The molecule has 0 heterocycles. The van der Waals surface area contributed by atoms with Gasteiger partial charge in [0.05, 0.1) is 0 Å². The van der Waals surface area contributed by atoms with Gasteiger partial charge in [-0.15, -0.1) is 0 Å². The Morgan fingerprint density at radius 3 is 0.847 bits per heavy atom. The maximum Gasteiger partial charge on any atom is 0.306 e. The zero-order valence-electron chi connectivity index (χ0n) is 39.5. The van der Waals surface area contributed by atoms with Crippen molar-refractivity contribution < 1.29 is 28.6 Å². The van der Waals surface area contributed by atoms with E-state index in [2.05, 4.69) is 45.1 Å². The first-order chi connectivity index (χ1) is 29.0. The Labute approximate surface area is 366 Å². The van der Waals surface area contributed by atoms with E-state index in [1.807, 2.05) is 0 Å². The van der Waals surface area contributed by atoms with Crippen molar-refractivity contribution in [1.29, 1.82) is 0 Å². The number of allylic oxidation sites excluding steroid dienone is 4. The molecule has 1 atom stereocenters. The summed E-state index contributed by atoms with van der Waals surface area (Å²) < 4.78 is 16.8. The van der Waals surface area contributed by atoms with Gasteiger partial charge in [0.2, 0.25) is 0 Å². The van der Waals surface area contributed by atoms with Crippen molar-refractivity contribution in [3.05, 3.63) is 24.3 Å². The van der Waals surface area contributed by atoms with Gasteiger partial charge < -0.3 is 14.2 Å². The lowest BCUT2D eigenvalue weighted by Gasteiger charge is -2.18. The fourth-order valence-corrected chi connectivity index (χ4v) is 7.49. The van der Waals surface area contributed by atoms with Crippen LogP contribution in [0.15, 0.2) is 24.3 Å². The molecule has 0 fully saturated rings. The summed E-state index contributed by atoms with van der Waals surface area (Å²) in [6.07, 6.45) is 54.5. The van der Waals surface area contributed by atoms with Crippen molar-refractivity contribution in [3.8, 4) is 0 Å². The van der Waals surface area contributed by atoms with E-state index >= 15 is 0 Å². The highest BCUT2D eigenvalue weighted by Crippen LogP contribution is 2.15. The van der Waals surface area contributed by atoms with Crippen LogP contribution in [0.25, 0.3) is 0 Å². The molecule has 0 bridgehead atoms. The van der Waals surface area contributed by atoms with E-state index < -0.39 is 6.10 Å². The quantitative estimate of drug-likeness (QED) is 0.0263. The van der Waals surface area contributed by atoms with Crippen molar-refractivity contribution in [2.45, 2.75) is 284 Å². The van der Waals surface area contributed by atoms with Gasteiger partial charge in [-0.05, 0) is 70.6 Å². The topological polar surface area (TPSA) is 78.9 Å². The average Bonchev–Trinajstić information content (AvgIpc) is 3.23. The number of carbonyl (C=O) groups excluding carboxylic acids is 3. The standard InChI is InChI=1S/C53H98O6/c1-4-7-10-13-16-19-21-23-25-26-28-29-31-34-37-40-43-46-52(55)58-49-50(48-57-51(54)45-42-39-36-33-18-15-12-9-6-3)59-53(56)47-44-41-38-35-32-30-27-24-22-20-17-14-11-8-5-2/h23-25,27,50H,4-22,26,28-49H2,1-3H3/b25-23-,27-24-. The molecule has 0 aromatic carbocycles. The highest BCUT2D eigenvalue weighted by Gasteiger charge is 2.19. The maximum absolute atomic E-state index is 12.8. The maximum atomic E-state index is 12.8. The molecule has 0 aliphatic heterocycles. The normalized spacial score (nSPS) is 12.1. The van der Waals surface area contributed by atoms with E-state index in [-0.39, 0.29) is 31.1 Å². The summed E-state index contributed by atoms with van der Waals surface area (Å²) >= 11 is 0. The third-order valence-electron chi connectivity index (χ3n) is 11.4. The molecule has 0 aromatic heterocycles. The first-order valence-corrected chi connectivity index (χ1v) is 25.8. The van der Waals surface area contributed by atoms with Crippen LogP contribution < -0.4 is 0 Å². The summed E-state index contributed by atoms with van der Waals surface area (Å²) in [5.41, 5.74) is 0. The van der Waals surface area contributed by atoms with E-state index in [9.17, 15) is 14.4 Å². The molecule has 1 unspecified atom stereocenters. The monoisotopic (exact) mass is 831 g/mol. The average molecular weight is 831 g/mol. The van der Waals surface area contributed by atoms with Crippen LogP contribution in [-0.2, 0) is 28.6 Å². The smallest absolute Gasteiger partial charge is 0.306 e. The minimum absolute atomic E-state index is 0.0728. The van der Waals surface area contributed by atoms with Crippen LogP contribution in [-0.4, -0.2) is 37.2 Å². The Bertz CT molecular complexity index is 958. The second-order valence-electron chi connectivity index (χ2n) is 17.4. The van der Waals surface area contributed by atoms with E-state index in [4.69, 9.17) is 14.2 Å². The third kappa shape index (κ3) is 46.8. The van der Waals surface area contributed by atoms with E-state index in [1.54, 1.807) is 0 Å². The van der Waals surface area contributed by atoms with E-state index in [1.165, 1.54) is 173 Å². The van der Waals surface area contributed by atoms with Gasteiger partial charge in [0, 0.05) is 19.3 Å². The fraction of sp³-hybridized carbons (Fsp3) is 0.868. The molecular formula is C53H98O6. The first-order valence-electron chi connectivity index (χ1n) is 25.8. The summed E-state index contributed by atoms with van der Waals surface area (Å²) in [5, 5.41) is 0. The lowest BCUT2D eigenvalue weighted by Crippen LogP contribution is -2.30. The minimum atomic E-state index is -0.771. The molecule has 0 saturated carbocycles. The Morgan fingerprint density at radius 1 is 0.322 bits per heavy atom. The van der Waals surface area contributed by atoms with Crippen LogP contribution in [0.5, 0.6) is 0 Å². The molecule has 0 rings (SSSR count). The van der Waals surface area contributed by atoms with Gasteiger partial charge in [-0.1, -0.05) is 212 Å². The second kappa shape index (κ2) is 48.6. The van der Waals surface area contributed by atoms with Gasteiger partial charge in [-0.2, -0.15) is 0 Å². The van der Waals surface area contributed by atoms with Crippen LogP contribution in [0, 0.1) is 0 Å². The van der Waals surface area contributed by atoms with Crippen molar-refractivity contribution in [1.82, 2.24) is 0 Å². The lowest BCUT2D eigenvalue weighted by molar-refractivity contribution is -0.167. The van der Waals surface area contributed by atoms with Crippen LogP contribution in [0.4, 0.5) is 0 Å². The molecule has 6 nitrogen and oxygen atoms in total. The van der Waals surface area contributed by atoms with Gasteiger partial charge in [-0.25, -0.2) is 0 Å². The second-order valence-corrected chi connectivity index (χ2v) is 17.4. The molecule has 0 radical (unpaired) electrons. The lowest BCUT2D eigenvalue weighted by atomic mass is 10.1. The Kier molecular flexibility index (Phi) is 46.8. The van der Waals surface area contributed by atoms with Gasteiger partial charge in [-0.3, -0.25) is 14.4 Å². The summed E-state index contributed by atoms with van der Waals surface area (Å²) in [5.74, 6) is -0.877. The molecule has 0 saturated heterocycles. The number of carbonyl (C=O) groups is 3. The van der Waals surface area contributed by atoms with Crippen molar-refractivity contribution >= 4 is 17.9 Å². The number of esters is 3. The minimum Gasteiger partial charge on any atom is -0.462 e. The molecule has 346 valence electrons. The van der Waals surface area contributed by atoms with Crippen LogP contribution >= 0.6 is 0 Å². The molecular weight excluding hydrogens is 733 g/mol. The summed E-state index contributed by atoms with van der Waals surface area (Å²) in [7, 11) is 0. The molecule has 6 heteroatoms. The SMILES string of the molecule is CCCCCCCC/C=C\CCCCCCCCCC(=O)OCC(COC(=O)CCCCCCCCCCC)OC(=O)CCCCCCC/C=C\CCCCCCCC. The zero-order valence-corrected chi connectivity index (χ0v) is 39.5. The third-order valence-corrected chi connectivity index (χ3v) is 11.4. The molecule has 0 aliphatic rings. The highest BCUT2D eigenvalue weighted by molar-refractivity contribution is 5.71. The van der Waals surface area contributed by atoms with Crippen molar-refractivity contribution in [2.75, 3.05) is 13.2 Å². The Balaban J connectivity index is 4.31. The number of unbranched alkanes of at least 4 members (excludes halogenated alkanes) is 32. The van der Waals surface area contributed by atoms with Crippen LogP contribution in [0.1, 0.15) is 278 Å². The fourth-order valence-electron chi connectivity index (χ4n) is 7.49. The van der Waals surface area contributed by atoms with Crippen LogP contribution in [0.3, 0.4) is 0 Å². The summed E-state index contributed by atoms with van der Waals surface area (Å²) in [6, 6.07) is 0. The molecule has 0 N–H and O–H groups in total. The number of rotatable bonds is 47. The van der Waals surface area contributed by atoms with E-state index in [0.717, 1.165) is 64.2 Å². The predicted molar refractivity (Wildman–Crippen MR) is 252 cm³/mol. The summed E-state index contributed by atoms with van der Waals surface area (Å²) in [4.78, 5) is 37.9. The van der Waals surface area contributed by atoms with Crippen molar-refractivity contribution in [3.63, 3.8) is 0 Å². The first kappa shape index (κ1) is 56.9. The van der Waals surface area contributed by atoms with Gasteiger partial charge >= 0.3 is 17.9 Å². The summed E-state index contributed by atoms with van der Waals surface area (Å²) in [6.45, 7) is 6.62. The van der Waals surface area contributed by atoms with Gasteiger partial charge in [0.25, 0.3) is 0 Å². The van der Waals surface area contributed by atoms with Crippen LogP contribution in [0.2, 0.25) is 0 Å². The van der Waals surface area contributed by atoms with E-state index in [0.29, 0.717) is 19.3 Å². The molecule has 0 amide bonds. The zero-order chi connectivity index (χ0) is 43.0. The number of hydrogen-bond acceptors (Lipinski definition) is 6. The van der Waals surface area contributed by atoms with Gasteiger partial charge in [0.15, 0.2) is 6.10 Å². The Hall–Kier alpha value is -2.11. The largest absolute Gasteiger partial charge is 0.462 e. The van der Waals surface area contributed by atoms with Crippen molar-refractivity contribution in [2.24, 2.45) is 0 Å². The Morgan fingerprint density at radius 2 is 0.559 bits per heavy atom. The van der Waals surface area contributed by atoms with Gasteiger partial charge in [0.1, 0.15) is 13.2 Å². The predicted octanol–water partition coefficient (Wildman–Crippen LogP) is 16.8.